The molecule has 0 bridgehead atoms. The maximum atomic E-state index is 11.8. The predicted octanol–water partition coefficient (Wildman–Crippen LogP) is 1.82. The molecule has 2 aliphatic rings. The Labute approximate surface area is 117 Å². The number of carboxylic acid groups (broad SMARTS) is 1. The van der Waals surface area contributed by atoms with Crippen molar-refractivity contribution in [1.82, 2.24) is 10.6 Å². The maximum absolute atomic E-state index is 11.8. The van der Waals surface area contributed by atoms with Gasteiger partial charge in [-0.3, -0.25) is 4.79 Å². The number of aliphatic carboxylic acids is 1. The predicted molar refractivity (Wildman–Crippen MR) is 75.4 cm³/mol. The average Bonchev–Trinajstić information content (AvgIpc) is 2.77. The van der Waals surface area contributed by atoms with E-state index in [1.807, 2.05) is 11.8 Å². The van der Waals surface area contributed by atoms with E-state index < -0.39 is 5.97 Å². The summed E-state index contributed by atoms with van der Waals surface area (Å²) in [5.41, 5.74) is 0. The fraction of sp³-hybridized carbons (Fsp3) is 0.846. The minimum absolute atomic E-state index is 0.00715. The monoisotopic (exact) mass is 286 g/mol. The first-order valence-electron chi connectivity index (χ1n) is 6.87. The van der Waals surface area contributed by atoms with Crippen LogP contribution in [0.3, 0.4) is 0 Å². The molecule has 2 amide bonds. The number of hydrogen-bond acceptors (Lipinski definition) is 3. The van der Waals surface area contributed by atoms with E-state index in [1.165, 1.54) is 19.3 Å². The smallest absolute Gasteiger partial charge is 0.315 e. The molecule has 5 nitrogen and oxygen atoms in total. The zero-order valence-corrected chi connectivity index (χ0v) is 12.1. The molecule has 19 heavy (non-hydrogen) atoms. The zero-order valence-electron chi connectivity index (χ0n) is 11.3. The Morgan fingerprint density at radius 3 is 2.58 bits per heavy atom. The van der Waals surface area contributed by atoms with E-state index in [0.717, 1.165) is 6.42 Å². The standard InChI is InChI=1S/C13H22N2O3S/c1-19-13(5-2-6-13)8-14-12(18)15-10-4-3-9(7-10)11(16)17/h9-10H,2-8H2,1H3,(H,16,17)(H2,14,15,18)/t9-,10+/m1/s1. The van der Waals surface area contributed by atoms with E-state index in [9.17, 15) is 9.59 Å². The molecule has 0 heterocycles. The van der Waals surface area contributed by atoms with Crippen molar-refractivity contribution in [2.24, 2.45) is 5.92 Å². The van der Waals surface area contributed by atoms with Crippen LogP contribution in [0, 0.1) is 5.92 Å². The van der Waals surface area contributed by atoms with Crippen LogP contribution in [0.4, 0.5) is 4.79 Å². The molecule has 2 fully saturated rings. The highest BCUT2D eigenvalue weighted by Gasteiger charge is 2.36. The minimum Gasteiger partial charge on any atom is -0.481 e. The number of rotatable bonds is 5. The molecule has 0 aromatic carbocycles. The lowest BCUT2D eigenvalue weighted by atomic mass is 9.84. The van der Waals surface area contributed by atoms with Crippen molar-refractivity contribution < 1.29 is 14.7 Å². The first-order valence-corrected chi connectivity index (χ1v) is 8.09. The molecule has 0 aromatic rings. The molecule has 0 radical (unpaired) electrons. The molecule has 2 aliphatic carbocycles. The van der Waals surface area contributed by atoms with Gasteiger partial charge in [0.1, 0.15) is 0 Å². The van der Waals surface area contributed by atoms with E-state index in [1.54, 1.807) is 0 Å². The summed E-state index contributed by atoms with van der Waals surface area (Å²) in [6.45, 7) is 0.703. The van der Waals surface area contributed by atoms with Crippen molar-refractivity contribution in [3.63, 3.8) is 0 Å². The molecule has 2 saturated carbocycles. The summed E-state index contributed by atoms with van der Waals surface area (Å²) in [4.78, 5) is 22.6. The summed E-state index contributed by atoms with van der Waals surface area (Å²) in [5, 5.41) is 14.7. The van der Waals surface area contributed by atoms with Gasteiger partial charge in [-0.15, -0.1) is 0 Å². The van der Waals surface area contributed by atoms with E-state index in [-0.39, 0.29) is 22.7 Å². The maximum Gasteiger partial charge on any atom is 0.315 e. The van der Waals surface area contributed by atoms with Crippen LogP contribution in [0.25, 0.3) is 0 Å². The van der Waals surface area contributed by atoms with E-state index in [0.29, 0.717) is 19.4 Å². The van der Waals surface area contributed by atoms with Crippen LogP contribution < -0.4 is 10.6 Å². The summed E-state index contributed by atoms with van der Waals surface area (Å²) in [7, 11) is 0. The molecular formula is C13H22N2O3S. The first-order chi connectivity index (χ1) is 9.04. The van der Waals surface area contributed by atoms with Gasteiger partial charge >= 0.3 is 12.0 Å². The second-order valence-corrected chi connectivity index (χ2v) is 6.89. The molecule has 0 unspecified atom stereocenters. The van der Waals surface area contributed by atoms with Crippen LogP contribution in [-0.4, -0.2) is 40.7 Å². The number of carbonyl (C=O) groups excluding carboxylic acids is 1. The summed E-state index contributed by atoms with van der Waals surface area (Å²) in [5.74, 6) is -1.05. The first kappa shape index (κ1) is 14.5. The molecule has 2 atom stereocenters. The fourth-order valence-corrected chi connectivity index (χ4v) is 3.75. The third-order valence-electron chi connectivity index (χ3n) is 4.39. The molecular weight excluding hydrogens is 264 g/mol. The lowest BCUT2D eigenvalue weighted by molar-refractivity contribution is -0.141. The van der Waals surface area contributed by atoms with Gasteiger partial charge in [0, 0.05) is 17.3 Å². The number of nitrogens with one attached hydrogen (secondary N) is 2. The van der Waals surface area contributed by atoms with E-state index in [4.69, 9.17) is 5.11 Å². The summed E-state index contributed by atoms with van der Waals surface area (Å²) < 4.78 is 0.233. The molecule has 0 aliphatic heterocycles. The van der Waals surface area contributed by atoms with Gasteiger partial charge in [0.2, 0.25) is 0 Å². The fourth-order valence-electron chi connectivity index (χ4n) is 2.84. The molecule has 3 N–H and O–H groups in total. The van der Waals surface area contributed by atoms with Crippen LogP contribution in [0.5, 0.6) is 0 Å². The average molecular weight is 286 g/mol. The largest absolute Gasteiger partial charge is 0.481 e. The zero-order chi connectivity index (χ0) is 13.9. The van der Waals surface area contributed by atoms with Crippen molar-refractivity contribution in [2.75, 3.05) is 12.8 Å². The number of carboxylic acids is 1. The Kier molecular flexibility index (Phi) is 4.60. The van der Waals surface area contributed by atoms with Crippen LogP contribution in [-0.2, 0) is 4.79 Å². The van der Waals surface area contributed by atoms with Crippen molar-refractivity contribution in [1.29, 1.82) is 0 Å². The summed E-state index contributed by atoms with van der Waals surface area (Å²) in [6, 6.07) is -0.149. The Bertz CT molecular complexity index is 352. The number of urea groups is 1. The molecule has 6 heteroatoms. The van der Waals surface area contributed by atoms with Crippen LogP contribution >= 0.6 is 11.8 Å². The number of amides is 2. The van der Waals surface area contributed by atoms with Gasteiger partial charge in [-0.05, 0) is 38.4 Å². The van der Waals surface area contributed by atoms with Gasteiger partial charge in [-0.1, -0.05) is 6.42 Å². The van der Waals surface area contributed by atoms with Gasteiger partial charge in [-0.2, -0.15) is 11.8 Å². The molecule has 2 rings (SSSR count). The number of thioether (sulfide) groups is 1. The van der Waals surface area contributed by atoms with Crippen molar-refractivity contribution in [3.8, 4) is 0 Å². The Balaban J connectivity index is 1.69. The Morgan fingerprint density at radius 2 is 2.11 bits per heavy atom. The lowest BCUT2D eigenvalue weighted by Crippen LogP contribution is -2.49. The molecule has 0 saturated heterocycles. The SMILES string of the molecule is CSC1(CNC(=O)N[C@H]2CC[C@@H](C(=O)O)C2)CCC1. The van der Waals surface area contributed by atoms with Gasteiger partial charge in [0.15, 0.2) is 0 Å². The Morgan fingerprint density at radius 1 is 1.37 bits per heavy atom. The second kappa shape index (κ2) is 6.03. The van der Waals surface area contributed by atoms with Gasteiger partial charge < -0.3 is 15.7 Å². The highest BCUT2D eigenvalue weighted by molar-refractivity contribution is 8.00. The highest BCUT2D eigenvalue weighted by atomic mass is 32.2. The molecule has 0 aromatic heterocycles. The topological polar surface area (TPSA) is 78.4 Å². The quantitative estimate of drug-likeness (QED) is 0.720. The van der Waals surface area contributed by atoms with Gasteiger partial charge in [-0.25, -0.2) is 4.79 Å². The lowest BCUT2D eigenvalue weighted by Gasteiger charge is -2.40. The van der Waals surface area contributed by atoms with Crippen LogP contribution in [0.2, 0.25) is 0 Å². The summed E-state index contributed by atoms with van der Waals surface area (Å²) in [6.07, 6.45) is 7.64. The second-order valence-electron chi connectivity index (χ2n) is 5.61. The third kappa shape index (κ3) is 3.55. The van der Waals surface area contributed by atoms with E-state index in [2.05, 4.69) is 16.9 Å². The van der Waals surface area contributed by atoms with Crippen molar-refractivity contribution in [2.45, 2.75) is 49.3 Å². The molecule has 0 spiro atoms. The highest BCUT2D eigenvalue weighted by Crippen LogP contribution is 2.42. The van der Waals surface area contributed by atoms with Gasteiger partial charge in [0.25, 0.3) is 0 Å². The normalized spacial score (nSPS) is 28.5. The summed E-state index contributed by atoms with van der Waals surface area (Å²) >= 11 is 1.83. The Hall–Kier alpha value is -0.910. The number of hydrogen-bond donors (Lipinski definition) is 3. The number of carbonyl (C=O) groups is 2. The van der Waals surface area contributed by atoms with Crippen LogP contribution in [0.15, 0.2) is 0 Å². The van der Waals surface area contributed by atoms with Crippen molar-refractivity contribution in [3.05, 3.63) is 0 Å². The van der Waals surface area contributed by atoms with Crippen LogP contribution in [0.1, 0.15) is 38.5 Å². The minimum atomic E-state index is -0.750. The van der Waals surface area contributed by atoms with Crippen molar-refractivity contribution >= 4 is 23.8 Å². The third-order valence-corrected chi connectivity index (χ3v) is 5.80. The molecule has 108 valence electrons. The van der Waals surface area contributed by atoms with E-state index >= 15 is 0 Å². The van der Waals surface area contributed by atoms with Gasteiger partial charge in [0.05, 0.1) is 5.92 Å².